The molecule has 1 amide bonds. The smallest absolute Gasteiger partial charge is 0.333 e. The second kappa shape index (κ2) is 9.15. The number of carbonyl (C=O) groups is 1. The molecule has 1 aliphatic heterocycles. The van der Waals surface area contributed by atoms with Crippen molar-refractivity contribution in [3.63, 3.8) is 0 Å². The van der Waals surface area contributed by atoms with Crippen LogP contribution >= 0.6 is 11.8 Å². The molecule has 1 aliphatic rings. The molecule has 2 aromatic rings. The van der Waals surface area contributed by atoms with Gasteiger partial charge in [0.2, 0.25) is 0 Å². The average molecular weight is 433 g/mol. The number of hydrogen-bond donors (Lipinski definition) is 1. The van der Waals surface area contributed by atoms with E-state index in [4.69, 9.17) is 0 Å². The molecule has 2 heterocycles. The number of aromatic amines is 1. The molecule has 0 radical (unpaired) electrons. The Morgan fingerprint density at radius 1 is 1.21 bits per heavy atom. The maximum absolute atomic E-state index is 14.1. The molecule has 1 aromatic carbocycles. The highest BCUT2D eigenvalue weighted by Gasteiger charge is 2.35. The van der Waals surface area contributed by atoms with Gasteiger partial charge in [-0.15, -0.1) is 0 Å². The van der Waals surface area contributed by atoms with Crippen LogP contribution in [-0.4, -0.2) is 39.1 Å². The summed E-state index contributed by atoms with van der Waals surface area (Å²) < 4.78 is 66.6. The second-order valence-corrected chi connectivity index (χ2v) is 8.16. The number of alkyl halides is 3. The lowest BCUT2D eigenvalue weighted by Gasteiger charge is -2.27. The van der Waals surface area contributed by atoms with Gasteiger partial charge in [-0.3, -0.25) is 9.89 Å². The van der Waals surface area contributed by atoms with Gasteiger partial charge >= 0.3 is 6.18 Å². The van der Waals surface area contributed by atoms with Gasteiger partial charge in [0.05, 0.1) is 6.54 Å². The zero-order chi connectivity index (χ0) is 21.0. The quantitative estimate of drug-likeness (QED) is 0.661. The van der Waals surface area contributed by atoms with E-state index in [-0.39, 0.29) is 24.3 Å². The van der Waals surface area contributed by atoms with Crippen LogP contribution < -0.4 is 0 Å². The number of amides is 1. The molecular formula is C19H20F5N3OS. The second-order valence-electron chi connectivity index (χ2n) is 6.94. The van der Waals surface area contributed by atoms with Crippen molar-refractivity contribution in [3.8, 4) is 0 Å². The van der Waals surface area contributed by atoms with E-state index in [0.717, 1.165) is 36.5 Å². The van der Waals surface area contributed by atoms with Crippen molar-refractivity contribution in [1.29, 1.82) is 0 Å². The van der Waals surface area contributed by atoms with Crippen LogP contribution in [0.2, 0.25) is 0 Å². The first kappa shape index (κ1) is 21.6. The summed E-state index contributed by atoms with van der Waals surface area (Å²) in [6, 6.07) is 3.99. The normalized spacial score (nSPS) is 15.5. The first-order chi connectivity index (χ1) is 13.8. The lowest BCUT2D eigenvalue weighted by molar-refractivity contribution is -0.141. The molecule has 4 nitrogen and oxygen atoms in total. The van der Waals surface area contributed by atoms with Gasteiger partial charge in [-0.2, -0.15) is 30.0 Å². The maximum Gasteiger partial charge on any atom is 0.435 e. The highest BCUT2D eigenvalue weighted by atomic mass is 32.2. The Balaban J connectivity index is 1.81. The third-order valence-electron chi connectivity index (χ3n) is 4.94. The Morgan fingerprint density at radius 3 is 2.45 bits per heavy atom. The van der Waals surface area contributed by atoms with Crippen LogP contribution in [0.25, 0.3) is 0 Å². The summed E-state index contributed by atoms with van der Waals surface area (Å²) in [6.07, 6.45) is -2.13. The van der Waals surface area contributed by atoms with Crippen LogP contribution in [0, 0.1) is 17.6 Å². The predicted octanol–water partition coefficient (Wildman–Crippen LogP) is 4.88. The molecule has 1 aromatic heterocycles. The zero-order valence-electron chi connectivity index (χ0n) is 15.4. The molecule has 0 bridgehead atoms. The van der Waals surface area contributed by atoms with E-state index in [1.165, 1.54) is 11.0 Å². The van der Waals surface area contributed by atoms with E-state index in [2.05, 4.69) is 10.2 Å². The van der Waals surface area contributed by atoms with Crippen molar-refractivity contribution in [1.82, 2.24) is 15.1 Å². The van der Waals surface area contributed by atoms with Gasteiger partial charge in [0, 0.05) is 18.2 Å². The number of H-pyrrole nitrogens is 1. The molecule has 0 unspecified atom stereocenters. The van der Waals surface area contributed by atoms with Gasteiger partial charge in [-0.05, 0) is 48.8 Å². The van der Waals surface area contributed by atoms with E-state index in [1.54, 1.807) is 0 Å². The fourth-order valence-electron chi connectivity index (χ4n) is 3.25. The minimum Gasteiger partial charge on any atom is -0.333 e. The molecule has 10 heteroatoms. The molecule has 1 fully saturated rings. The summed E-state index contributed by atoms with van der Waals surface area (Å²) in [4.78, 5) is 14.0. The number of hydrogen-bond acceptors (Lipinski definition) is 3. The fraction of sp³-hybridized carbons (Fsp3) is 0.474. The standard InChI is InChI=1S/C19H20F5N3OS/c20-14-2-1-3-15(21)13(14)11-27(7-4-12-5-8-29-9-6-12)18(28)16-10-17(26-25-16)19(22,23)24/h1-3,10,12H,4-9,11H2,(H,25,26). The number of rotatable bonds is 6. The topological polar surface area (TPSA) is 49.0 Å². The van der Waals surface area contributed by atoms with E-state index >= 15 is 0 Å². The third-order valence-corrected chi connectivity index (χ3v) is 5.99. The molecule has 0 atom stereocenters. The molecule has 0 aliphatic carbocycles. The van der Waals surface area contributed by atoms with Gasteiger partial charge in [-0.25, -0.2) is 8.78 Å². The molecule has 1 N–H and O–H groups in total. The Hall–Kier alpha value is -2.10. The number of halogens is 5. The Kier molecular flexibility index (Phi) is 6.81. The Morgan fingerprint density at radius 2 is 1.86 bits per heavy atom. The summed E-state index contributed by atoms with van der Waals surface area (Å²) in [5.74, 6) is -0.00759. The van der Waals surface area contributed by atoms with E-state index < -0.39 is 29.4 Å². The molecule has 0 spiro atoms. The lowest BCUT2D eigenvalue weighted by Crippen LogP contribution is -2.34. The summed E-state index contributed by atoms with van der Waals surface area (Å²) >= 11 is 1.85. The number of benzene rings is 1. The zero-order valence-corrected chi connectivity index (χ0v) is 16.3. The van der Waals surface area contributed by atoms with Crippen LogP contribution in [0.15, 0.2) is 24.3 Å². The highest BCUT2D eigenvalue weighted by Crippen LogP contribution is 2.29. The molecule has 3 rings (SSSR count). The van der Waals surface area contributed by atoms with Gasteiger partial charge in [0.1, 0.15) is 17.3 Å². The number of carbonyl (C=O) groups excluding carboxylic acids is 1. The third kappa shape index (κ3) is 5.49. The number of nitrogens with one attached hydrogen (secondary N) is 1. The van der Waals surface area contributed by atoms with Gasteiger partial charge in [0.25, 0.3) is 5.91 Å². The minimum atomic E-state index is -4.70. The van der Waals surface area contributed by atoms with Crippen LogP contribution in [0.5, 0.6) is 0 Å². The maximum atomic E-state index is 14.1. The SMILES string of the molecule is O=C(c1cc(C(F)(F)F)n[nH]1)N(CCC1CCSCC1)Cc1c(F)cccc1F. The van der Waals surface area contributed by atoms with Crippen molar-refractivity contribution >= 4 is 17.7 Å². The van der Waals surface area contributed by atoms with Crippen molar-refractivity contribution in [2.24, 2.45) is 5.92 Å². The molecular weight excluding hydrogens is 413 g/mol. The molecule has 1 saturated heterocycles. The summed E-state index contributed by atoms with van der Waals surface area (Å²) in [6.45, 7) is -0.193. The van der Waals surface area contributed by atoms with Crippen LogP contribution in [0.4, 0.5) is 22.0 Å². The predicted molar refractivity (Wildman–Crippen MR) is 99.4 cm³/mol. The minimum absolute atomic E-state index is 0.183. The van der Waals surface area contributed by atoms with Crippen LogP contribution in [0.3, 0.4) is 0 Å². The van der Waals surface area contributed by atoms with E-state index in [9.17, 15) is 26.7 Å². The van der Waals surface area contributed by atoms with Crippen molar-refractivity contribution < 1.29 is 26.7 Å². The van der Waals surface area contributed by atoms with Crippen molar-refractivity contribution in [2.45, 2.75) is 32.0 Å². The van der Waals surface area contributed by atoms with Gasteiger partial charge < -0.3 is 4.90 Å². The van der Waals surface area contributed by atoms with Gasteiger partial charge in [0.15, 0.2) is 5.69 Å². The lowest BCUT2D eigenvalue weighted by atomic mass is 9.98. The number of nitrogens with zero attached hydrogens (tertiary/aromatic N) is 2. The van der Waals surface area contributed by atoms with Crippen molar-refractivity contribution in [2.75, 3.05) is 18.1 Å². The summed E-state index contributed by atoms with van der Waals surface area (Å²) in [7, 11) is 0. The fourth-order valence-corrected chi connectivity index (χ4v) is 4.45. The van der Waals surface area contributed by atoms with E-state index in [1.807, 2.05) is 11.8 Å². The van der Waals surface area contributed by atoms with E-state index in [0.29, 0.717) is 18.4 Å². The molecule has 158 valence electrons. The molecule has 0 saturated carbocycles. The summed E-state index contributed by atoms with van der Waals surface area (Å²) in [5, 5.41) is 5.23. The first-order valence-corrected chi connectivity index (χ1v) is 10.3. The molecule has 29 heavy (non-hydrogen) atoms. The number of aromatic nitrogens is 2. The first-order valence-electron chi connectivity index (χ1n) is 9.18. The summed E-state index contributed by atoms with van der Waals surface area (Å²) in [5.41, 5.74) is -1.88. The number of thioether (sulfide) groups is 1. The monoisotopic (exact) mass is 433 g/mol. The Labute approximate surface area is 168 Å². The Bertz CT molecular complexity index is 828. The largest absolute Gasteiger partial charge is 0.435 e. The van der Waals surface area contributed by atoms with Crippen LogP contribution in [-0.2, 0) is 12.7 Å². The highest BCUT2D eigenvalue weighted by molar-refractivity contribution is 7.99. The van der Waals surface area contributed by atoms with Crippen LogP contribution in [0.1, 0.15) is 41.0 Å². The van der Waals surface area contributed by atoms with Gasteiger partial charge in [-0.1, -0.05) is 6.07 Å². The van der Waals surface area contributed by atoms with Crippen molar-refractivity contribution in [3.05, 3.63) is 52.9 Å². The average Bonchev–Trinajstić information content (AvgIpc) is 3.18.